The van der Waals surface area contributed by atoms with Gasteiger partial charge in [0.25, 0.3) is 5.91 Å². The summed E-state index contributed by atoms with van der Waals surface area (Å²) in [5.41, 5.74) is 2.12. The van der Waals surface area contributed by atoms with Crippen molar-refractivity contribution in [1.29, 1.82) is 5.26 Å². The third-order valence-electron chi connectivity index (χ3n) is 6.77. The van der Waals surface area contributed by atoms with Gasteiger partial charge in [-0.2, -0.15) is 10.4 Å². The van der Waals surface area contributed by atoms with E-state index < -0.39 is 17.7 Å². The monoisotopic (exact) mass is 523 g/mol. The lowest BCUT2D eigenvalue weighted by Gasteiger charge is -2.21. The van der Waals surface area contributed by atoms with Gasteiger partial charge in [0.15, 0.2) is 5.69 Å². The fourth-order valence-corrected chi connectivity index (χ4v) is 4.54. The van der Waals surface area contributed by atoms with Crippen LogP contribution in [-0.4, -0.2) is 33.3 Å². The van der Waals surface area contributed by atoms with Crippen molar-refractivity contribution >= 4 is 17.6 Å². The average molecular weight is 524 g/mol. The molecule has 1 aliphatic carbocycles. The van der Waals surface area contributed by atoms with Gasteiger partial charge in [-0.25, -0.2) is 13.9 Å². The summed E-state index contributed by atoms with van der Waals surface area (Å²) in [5, 5.41) is 29.2. The van der Waals surface area contributed by atoms with E-state index in [1.54, 1.807) is 30.3 Å². The second-order valence-electron chi connectivity index (χ2n) is 9.59. The lowest BCUT2D eigenvalue weighted by atomic mass is 9.97. The molecule has 1 amide bonds. The van der Waals surface area contributed by atoms with Crippen molar-refractivity contribution < 1.29 is 19.1 Å². The molecule has 1 aliphatic rings. The maximum atomic E-state index is 15.0. The van der Waals surface area contributed by atoms with Crippen molar-refractivity contribution in [3.05, 3.63) is 112 Å². The number of halogens is 1. The molecule has 4 aromatic rings. The molecule has 1 saturated carbocycles. The Morgan fingerprint density at radius 1 is 1.10 bits per heavy atom. The summed E-state index contributed by atoms with van der Waals surface area (Å²) in [7, 11) is 0. The van der Waals surface area contributed by atoms with Crippen LogP contribution in [0.5, 0.6) is 0 Å². The molecule has 196 valence electrons. The summed E-state index contributed by atoms with van der Waals surface area (Å²) in [6.45, 7) is 2.30. The quantitative estimate of drug-likeness (QED) is 0.276. The predicted molar refractivity (Wildman–Crippen MR) is 143 cm³/mol. The number of hydrogen-bond acceptors (Lipinski definition) is 5. The molecule has 1 aromatic heterocycles. The smallest absolute Gasteiger partial charge is 0.356 e. The third kappa shape index (κ3) is 5.56. The van der Waals surface area contributed by atoms with Crippen LogP contribution in [0.3, 0.4) is 0 Å². The van der Waals surface area contributed by atoms with Crippen LogP contribution in [0, 0.1) is 30.0 Å². The number of amides is 1. The van der Waals surface area contributed by atoms with E-state index in [9.17, 15) is 20.0 Å². The molecule has 3 aromatic carbocycles. The molecular formula is C30H26FN5O3. The van der Waals surface area contributed by atoms with Crippen LogP contribution >= 0.6 is 0 Å². The first-order valence-corrected chi connectivity index (χ1v) is 12.6. The number of nitrogens with one attached hydrogen (secondary N) is 2. The molecule has 1 atom stereocenters. The van der Waals surface area contributed by atoms with Crippen LogP contribution in [0.1, 0.15) is 62.1 Å². The molecule has 9 heteroatoms. The van der Waals surface area contributed by atoms with Crippen LogP contribution in [0.2, 0.25) is 0 Å². The Kier molecular flexibility index (Phi) is 7.21. The Morgan fingerprint density at radius 3 is 2.56 bits per heavy atom. The van der Waals surface area contributed by atoms with E-state index in [1.165, 1.54) is 36.6 Å². The molecule has 0 aliphatic heterocycles. The second kappa shape index (κ2) is 10.9. The third-order valence-corrected chi connectivity index (χ3v) is 6.77. The molecule has 5 rings (SSSR count). The van der Waals surface area contributed by atoms with E-state index in [-0.39, 0.29) is 28.7 Å². The summed E-state index contributed by atoms with van der Waals surface area (Å²) in [6, 6.07) is 22.5. The van der Waals surface area contributed by atoms with Crippen molar-refractivity contribution in [2.24, 2.45) is 5.92 Å². The highest BCUT2D eigenvalue weighted by molar-refractivity contribution is 6.06. The maximum absolute atomic E-state index is 15.0. The number of carbonyl (C=O) groups is 2. The Labute approximate surface area is 224 Å². The minimum absolute atomic E-state index is 0.0403. The van der Waals surface area contributed by atoms with Crippen LogP contribution in [0.25, 0.3) is 5.69 Å². The van der Waals surface area contributed by atoms with E-state index in [4.69, 9.17) is 0 Å². The van der Waals surface area contributed by atoms with E-state index in [0.29, 0.717) is 17.2 Å². The number of aromatic nitrogens is 2. The van der Waals surface area contributed by atoms with Gasteiger partial charge in [0.2, 0.25) is 0 Å². The summed E-state index contributed by atoms with van der Waals surface area (Å²) in [4.78, 5) is 25.4. The lowest BCUT2D eigenvalue weighted by Crippen LogP contribution is -2.25. The highest BCUT2D eigenvalue weighted by Gasteiger charge is 2.27. The SMILES string of the molecule is Cc1c(C(=O)O)nn(-c2cccc(C#N)c2)c1C(=O)Nc1cc(C(NCC2CC2)c2ccccc2)ccc1F. The number of carboxylic acid groups (broad SMARTS) is 1. The number of nitriles is 1. The van der Waals surface area contributed by atoms with Gasteiger partial charge in [0.05, 0.1) is 29.0 Å². The van der Waals surface area contributed by atoms with Crippen LogP contribution < -0.4 is 10.6 Å². The first-order valence-electron chi connectivity index (χ1n) is 12.6. The first kappa shape index (κ1) is 25.8. The Morgan fingerprint density at radius 2 is 1.87 bits per heavy atom. The van der Waals surface area contributed by atoms with Gasteiger partial charge < -0.3 is 15.7 Å². The molecular weight excluding hydrogens is 497 g/mol. The molecule has 39 heavy (non-hydrogen) atoms. The zero-order chi connectivity index (χ0) is 27.5. The number of anilines is 1. The maximum Gasteiger partial charge on any atom is 0.356 e. The van der Waals surface area contributed by atoms with E-state index in [1.807, 2.05) is 36.4 Å². The highest BCUT2D eigenvalue weighted by atomic mass is 19.1. The number of rotatable bonds is 9. The van der Waals surface area contributed by atoms with Gasteiger partial charge in [0, 0.05) is 5.56 Å². The zero-order valence-corrected chi connectivity index (χ0v) is 21.2. The van der Waals surface area contributed by atoms with Gasteiger partial charge in [-0.15, -0.1) is 0 Å². The van der Waals surface area contributed by atoms with Crippen molar-refractivity contribution in [3.8, 4) is 11.8 Å². The van der Waals surface area contributed by atoms with Gasteiger partial charge in [-0.1, -0.05) is 42.5 Å². The number of carbonyl (C=O) groups excluding carboxylic acids is 1. The number of aromatic carboxylic acids is 1. The van der Waals surface area contributed by atoms with Crippen molar-refractivity contribution in [2.75, 3.05) is 11.9 Å². The lowest BCUT2D eigenvalue weighted by molar-refractivity contribution is 0.0689. The topological polar surface area (TPSA) is 120 Å². The highest BCUT2D eigenvalue weighted by Crippen LogP contribution is 2.31. The Balaban J connectivity index is 1.51. The number of nitrogens with zero attached hydrogens (tertiary/aromatic N) is 3. The molecule has 0 spiro atoms. The molecule has 8 nitrogen and oxygen atoms in total. The fraction of sp³-hybridized carbons (Fsp3) is 0.200. The van der Waals surface area contributed by atoms with Gasteiger partial charge in [-0.3, -0.25) is 4.79 Å². The number of carboxylic acids is 1. The predicted octanol–water partition coefficient (Wildman–Crippen LogP) is 5.23. The first-order chi connectivity index (χ1) is 18.9. The molecule has 0 radical (unpaired) electrons. The summed E-state index contributed by atoms with van der Waals surface area (Å²) >= 11 is 0. The largest absolute Gasteiger partial charge is 0.476 e. The zero-order valence-electron chi connectivity index (χ0n) is 21.2. The normalized spacial score (nSPS) is 13.5. The number of hydrogen-bond donors (Lipinski definition) is 3. The summed E-state index contributed by atoms with van der Waals surface area (Å²) in [5.74, 6) is -2.04. The van der Waals surface area contributed by atoms with Gasteiger partial charge >= 0.3 is 5.97 Å². The molecule has 3 N–H and O–H groups in total. The van der Waals surface area contributed by atoms with Crippen molar-refractivity contribution in [1.82, 2.24) is 15.1 Å². The summed E-state index contributed by atoms with van der Waals surface area (Å²) < 4.78 is 16.2. The minimum Gasteiger partial charge on any atom is -0.476 e. The van der Waals surface area contributed by atoms with Gasteiger partial charge in [0.1, 0.15) is 11.5 Å². The van der Waals surface area contributed by atoms with E-state index in [2.05, 4.69) is 15.7 Å². The molecule has 1 unspecified atom stereocenters. The molecule has 1 heterocycles. The molecule has 0 bridgehead atoms. The van der Waals surface area contributed by atoms with Crippen molar-refractivity contribution in [2.45, 2.75) is 25.8 Å². The number of benzene rings is 3. The standard InChI is InChI=1S/C30H26FN5O3/c1-18-26(30(38)39)35-36(23-9-5-6-20(14-23)16-32)28(18)29(37)34-25-15-22(12-13-24(25)31)27(33-17-19-10-11-19)21-7-3-2-4-8-21/h2-9,12-15,19,27,33H,10-11,17H2,1H3,(H,34,37)(H,38,39). The van der Waals surface area contributed by atoms with Crippen LogP contribution in [0.15, 0.2) is 72.8 Å². The van der Waals surface area contributed by atoms with Crippen LogP contribution in [-0.2, 0) is 0 Å². The van der Waals surface area contributed by atoms with E-state index in [0.717, 1.165) is 17.7 Å². The van der Waals surface area contributed by atoms with Crippen molar-refractivity contribution in [3.63, 3.8) is 0 Å². The molecule has 1 fully saturated rings. The second-order valence-corrected chi connectivity index (χ2v) is 9.59. The fourth-order valence-electron chi connectivity index (χ4n) is 4.54. The Hall–Kier alpha value is -4.81. The summed E-state index contributed by atoms with van der Waals surface area (Å²) in [6.07, 6.45) is 2.36. The minimum atomic E-state index is -1.31. The molecule has 0 saturated heterocycles. The van der Waals surface area contributed by atoms with Crippen LogP contribution in [0.4, 0.5) is 10.1 Å². The van der Waals surface area contributed by atoms with E-state index >= 15 is 4.39 Å². The van der Waals surface area contributed by atoms with Gasteiger partial charge in [-0.05, 0) is 73.7 Å². The Bertz CT molecular complexity index is 1590. The average Bonchev–Trinajstić information content (AvgIpc) is 3.70.